The molecule has 25 heavy (non-hydrogen) atoms. The molecule has 134 valence electrons. The molecule has 0 saturated carbocycles. The zero-order valence-electron chi connectivity index (χ0n) is 13.6. The Balaban J connectivity index is 2.03. The second-order valence-corrected chi connectivity index (χ2v) is 7.66. The Morgan fingerprint density at radius 2 is 2.20 bits per heavy atom. The van der Waals surface area contributed by atoms with Crippen LogP contribution < -0.4 is 4.90 Å². The predicted molar refractivity (Wildman–Crippen MR) is 93.7 cm³/mol. The summed E-state index contributed by atoms with van der Waals surface area (Å²) in [6.45, 7) is 3.67. The Morgan fingerprint density at radius 1 is 1.36 bits per heavy atom. The fraction of sp³-hybridized carbons (Fsp3) is 0.562. The van der Waals surface area contributed by atoms with Crippen LogP contribution in [0.4, 0.5) is 14.6 Å². The number of alkyl halides is 1. The molecule has 0 spiro atoms. The number of halogens is 3. The lowest BCUT2D eigenvalue weighted by Crippen LogP contribution is -2.38. The molecule has 0 amide bonds. The normalized spacial score (nSPS) is 23.3. The topological polar surface area (TPSA) is 51.1 Å². The number of nitrogens with zero attached hydrogens (tertiary/aromatic N) is 4. The summed E-state index contributed by atoms with van der Waals surface area (Å²) in [6.07, 6.45) is -0.366. The third kappa shape index (κ3) is 2.94. The van der Waals surface area contributed by atoms with Gasteiger partial charge >= 0.3 is 0 Å². The zero-order valence-corrected chi connectivity index (χ0v) is 15.2. The van der Waals surface area contributed by atoms with E-state index in [1.807, 2.05) is 11.8 Å². The Bertz CT molecular complexity index is 825. The summed E-state index contributed by atoms with van der Waals surface area (Å²) < 4.78 is 35.2. The molecule has 1 saturated heterocycles. The summed E-state index contributed by atoms with van der Waals surface area (Å²) in [5.41, 5.74) is 0.168. The SMILES string of the molecule is CCSc1nc2c3c(nc(Cl)c(F)c3n1)C(F)CC1COCCCN21. The molecule has 5 nitrogen and oxygen atoms in total. The lowest BCUT2D eigenvalue weighted by atomic mass is 10.1. The Hall–Kier alpha value is -1.25. The standard InChI is InChI=1S/C16H17ClF2N4OS/c1-2-25-16-21-13-10-12(20-14(17)11(13)19)9(18)6-8-7-24-5-3-4-23(8)15(10)22-16/h8-9H,2-7H2,1H3. The second-order valence-electron chi connectivity index (χ2n) is 6.07. The first-order valence-corrected chi connectivity index (χ1v) is 9.64. The van der Waals surface area contributed by atoms with Crippen LogP contribution >= 0.6 is 23.4 Å². The number of rotatable bonds is 2. The van der Waals surface area contributed by atoms with E-state index in [2.05, 4.69) is 15.0 Å². The molecule has 0 radical (unpaired) electrons. The van der Waals surface area contributed by atoms with Gasteiger partial charge in [-0.15, -0.1) is 0 Å². The van der Waals surface area contributed by atoms with E-state index >= 15 is 0 Å². The molecule has 2 aliphatic rings. The third-order valence-corrected chi connectivity index (χ3v) is 5.47. The van der Waals surface area contributed by atoms with E-state index in [-0.39, 0.29) is 28.8 Å². The molecule has 0 aliphatic carbocycles. The highest BCUT2D eigenvalue weighted by molar-refractivity contribution is 7.99. The highest BCUT2D eigenvalue weighted by Crippen LogP contribution is 2.42. The molecule has 2 aliphatic heterocycles. The van der Waals surface area contributed by atoms with Gasteiger partial charge in [0.25, 0.3) is 0 Å². The van der Waals surface area contributed by atoms with Gasteiger partial charge in [0, 0.05) is 19.6 Å². The number of pyridine rings is 1. The minimum atomic E-state index is -1.37. The van der Waals surface area contributed by atoms with Crippen molar-refractivity contribution in [2.75, 3.05) is 30.4 Å². The number of aromatic nitrogens is 3. The average Bonchev–Trinajstić information content (AvgIpc) is 2.87. The molecule has 1 fully saturated rings. The van der Waals surface area contributed by atoms with E-state index in [4.69, 9.17) is 16.3 Å². The highest BCUT2D eigenvalue weighted by atomic mass is 35.5. The van der Waals surface area contributed by atoms with Crippen LogP contribution in [0.2, 0.25) is 5.15 Å². The van der Waals surface area contributed by atoms with Gasteiger partial charge in [-0.05, 0) is 12.2 Å². The van der Waals surface area contributed by atoms with Crippen LogP contribution in [0.15, 0.2) is 5.16 Å². The van der Waals surface area contributed by atoms with Crippen molar-refractivity contribution in [3.63, 3.8) is 0 Å². The minimum Gasteiger partial charge on any atom is -0.379 e. The number of anilines is 1. The minimum absolute atomic E-state index is 0.0458. The van der Waals surface area contributed by atoms with Gasteiger partial charge in [-0.3, -0.25) is 0 Å². The van der Waals surface area contributed by atoms with Crippen LogP contribution in [-0.2, 0) is 4.74 Å². The number of fused-ring (bicyclic) bond motifs is 2. The van der Waals surface area contributed by atoms with Gasteiger partial charge < -0.3 is 9.64 Å². The van der Waals surface area contributed by atoms with E-state index in [9.17, 15) is 8.78 Å². The fourth-order valence-corrected chi connectivity index (χ4v) is 4.16. The lowest BCUT2D eigenvalue weighted by Gasteiger charge is -2.29. The van der Waals surface area contributed by atoms with Crippen molar-refractivity contribution in [3.05, 3.63) is 16.7 Å². The van der Waals surface area contributed by atoms with Crippen molar-refractivity contribution in [1.82, 2.24) is 15.0 Å². The van der Waals surface area contributed by atoms with Crippen molar-refractivity contribution in [3.8, 4) is 0 Å². The molecular weight excluding hydrogens is 370 g/mol. The first-order valence-electron chi connectivity index (χ1n) is 8.28. The van der Waals surface area contributed by atoms with Gasteiger partial charge in [0.15, 0.2) is 16.1 Å². The lowest BCUT2D eigenvalue weighted by molar-refractivity contribution is 0.124. The van der Waals surface area contributed by atoms with Gasteiger partial charge in [-0.1, -0.05) is 30.3 Å². The van der Waals surface area contributed by atoms with Crippen LogP contribution in [-0.4, -0.2) is 46.5 Å². The number of thioether (sulfide) groups is 1. The van der Waals surface area contributed by atoms with E-state index in [1.54, 1.807) is 0 Å². The Labute approximate surface area is 153 Å². The summed E-state index contributed by atoms with van der Waals surface area (Å²) in [5, 5.41) is 0.438. The van der Waals surface area contributed by atoms with E-state index in [1.165, 1.54) is 11.8 Å². The molecule has 2 unspecified atom stereocenters. The van der Waals surface area contributed by atoms with E-state index in [0.717, 1.165) is 12.2 Å². The third-order valence-electron chi connectivity index (χ3n) is 4.49. The molecule has 0 N–H and O–H groups in total. The van der Waals surface area contributed by atoms with Gasteiger partial charge in [0.1, 0.15) is 17.5 Å². The van der Waals surface area contributed by atoms with Gasteiger partial charge in [-0.25, -0.2) is 23.7 Å². The van der Waals surface area contributed by atoms with Crippen LogP contribution in [0.3, 0.4) is 0 Å². The maximum Gasteiger partial charge on any atom is 0.190 e. The molecule has 0 aromatic carbocycles. The molecule has 0 bridgehead atoms. The van der Waals surface area contributed by atoms with Crippen molar-refractivity contribution in [2.45, 2.75) is 37.1 Å². The quantitative estimate of drug-likeness (QED) is 0.442. The molecule has 9 heteroatoms. The maximum atomic E-state index is 15.0. The predicted octanol–water partition coefficient (Wildman–Crippen LogP) is 3.94. The summed E-state index contributed by atoms with van der Waals surface area (Å²) in [6, 6.07) is -0.175. The molecule has 2 aromatic rings. The number of hydrogen-bond donors (Lipinski definition) is 0. The summed E-state index contributed by atoms with van der Waals surface area (Å²) in [5.74, 6) is 0.560. The zero-order chi connectivity index (χ0) is 17.6. The molecular formula is C16H17ClF2N4OS. The summed E-state index contributed by atoms with van der Waals surface area (Å²) in [4.78, 5) is 14.9. The molecule has 2 aromatic heterocycles. The van der Waals surface area contributed by atoms with Crippen molar-refractivity contribution in [1.29, 1.82) is 0 Å². The van der Waals surface area contributed by atoms with Gasteiger partial charge in [0.05, 0.1) is 23.7 Å². The van der Waals surface area contributed by atoms with Crippen LogP contribution in [0.5, 0.6) is 0 Å². The molecule has 4 rings (SSSR count). The van der Waals surface area contributed by atoms with E-state index < -0.39 is 12.0 Å². The monoisotopic (exact) mass is 386 g/mol. The van der Waals surface area contributed by atoms with Crippen LogP contribution in [0, 0.1) is 5.82 Å². The second kappa shape index (κ2) is 6.81. The number of ether oxygens (including phenoxy) is 1. The number of hydrogen-bond acceptors (Lipinski definition) is 6. The van der Waals surface area contributed by atoms with Gasteiger partial charge in [0.2, 0.25) is 0 Å². The van der Waals surface area contributed by atoms with Crippen molar-refractivity contribution >= 4 is 40.1 Å². The van der Waals surface area contributed by atoms with Crippen LogP contribution in [0.25, 0.3) is 10.9 Å². The average molecular weight is 387 g/mol. The van der Waals surface area contributed by atoms with Crippen LogP contribution in [0.1, 0.15) is 31.6 Å². The fourth-order valence-electron chi connectivity index (χ4n) is 3.41. The largest absolute Gasteiger partial charge is 0.379 e. The first kappa shape index (κ1) is 17.2. The smallest absolute Gasteiger partial charge is 0.190 e. The maximum absolute atomic E-state index is 15.0. The molecule has 4 heterocycles. The van der Waals surface area contributed by atoms with E-state index in [0.29, 0.717) is 36.1 Å². The van der Waals surface area contributed by atoms with Crippen molar-refractivity contribution < 1.29 is 13.5 Å². The first-order chi connectivity index (χ1) is 12.1. The van der Waals surface area contributed by atoms with Gasteiger partial charge in [-0.2, -0.15) is 0 Å². The summed E-state index contributed by atoms with van der Waals surface area (Å²) >= 11 is 7.33. The van der Waals surface area contributed by atoms with Crippen molar-refractivity contribution in [2.24, 2.45) is 0 Å². The Morgan fingerprint density at radius 3 is 3.00 bits per heavy atom. The summed E-state index contributed by atoms with van der Waals surface area (Å²) in [7, 11) is 0. The highest BCUT2D eigenvalue weighted by Gasteiger charge is 2.36. The Kier molecular flexibility index (Phi) is 4.68. The molecule has 2 atom stereocenters.